The van der Waals surface area contributed by atoms with E-state index in [4.69, 9.17) is 9.98 Å². The molecule has 5 aromatic rings. The first-order valence-corrected chi connectivity index (χ1v) is 17.1. The third kappa shape index (κ3) is 6.98. The highest BCUT2D eigenvalue weighted by Crippen LogP contribution is 2.42. The van der Waals surface area contributed by atoms with E-state index in [-0.39, 0.29) is 21.7 Å². The fraction of sp³-hybridized carbons (Fsp3) is 0.381. The second-order valence-corrected chi connectivity index (χ2v) is 17.7. The Balaban J connectivity index is 1.62. The van der Waals surface area contributed by atoms with Gasteiger partial charge in [-0.05, 0) is 68.2 Å². The molecule has 1 heterocycles. The number of aliphatic imine (C=N–C) groups is 1. The van der Waals surface area contributed by atoms with E-state index >= 15 is 0 Å². The molecule has 4 aromatic carbocycles. The number of phenols is 1. The van der Waals surface area contributed by atoms with Crippen LogP contribution >= 0.6 is 11.3 Å². The van der Waals surface area contributed by atoms with Crippen LogP contribution in [0.4, 0.5) is 5.69 Å². The summed E-state index contributed by atoms with van der Waals surface area (Å²) in [6.07, 6.45) is 1.81. The molecule has 240 valence electrons. The Morgan fingerprint density at radius 2 is 1.20 bits per heavy atom. The average Bonchev–Trinajstić information content (AvgIpc) is 3.39. The van der Waals surface area contributed by atoms with Gasteiger partial charge in [-0.2, -0.15) is 0 Å². The zero-order chi connectivity index (χ0) is 33.8. The highest BCUT2D eigenvalue weighted by atomic mass is 32.1. The van der Waals surface area contributed by atoms with Gasteiger partial charge in [0.05, 0.1) is 15.9 Å². The van der Waals surface area contributed by atoms with E-state index in [0.29, 0.717) is 5.75 Å². The fourth-order valence-corrected chi connectivity index (χ4v) is 6.64. The number of hydrogen-bond acceptors (Lipinski definition) is 4. The van der Waals surface area contributed by atoms with Gasteiger partial charge in [0.2, 0.25) is 0 Å². The number of hydrogen-bond donors (Lipinski definition) is 1. The Morgan fingerprint density at radius 3 is 1.78 bits per heavy atom. The second kappa shape index (κ2) is 11.8. The summed E-state index contributed by atoms with van der Waals surface area (Å²) in [6, 6.07) is 25.9. The van der Waals surface area contributed by atoms with Gasteiger partial charge < -0.3 is 5.11 Å². The molecule has 1 N–H and O–H groups in total. The molecule has 0 unspecified atom stereocenters. The molecule has 0 saturated heterocycles. The van der Waals surface area contributed by atoms with Crippen LogP contribution in [0.1, 0.15) is 111 Å². The first-order chi connectivity index (χ1) is 21.2. The van der Waals surface area contributed by atoms with Gasteiger partial charge in [-0.25, -0.2) is 4.98 Å². The summed E-state index contributed by atoms with van der Waals surface area (Å²) >= 11 is 1.69. The number of rotatable bonds is 4. The summed E-state index contributed by atoms with van der Waals surface area (Å²) in [5, 5.41) is 12.3. The first-order valence-electron chi connectivity index (χ1n) is 16.3. The van der Waals surface area contributed by atoms with Crippen LogP contribution in [0, 0.1) is 0 Å². The van der Waals surface area contributed by atoms with Crippen LogP contribution in [0.15, 0.2) is 77.8 Å². The van der Waals surface area contributed by atoms with Gasteiger partial charge in [-0.1, -0.05) is 132 Å². The van der Waals surface area contributed by atoms with Gasteiger partial charge in [0, 0.05) is 28.5 Å². The lowest BCUT2D eigenvalue weighted by atomic mass is 9.79. The minimum Gasteiger partial charge on any atom is -0.507 e. The standard InChI is InChI=1S/C42H50N2OS/c1-39(2,3)28-20-26(21-29(23-28)40(4,5)6)31-17-15-19-35-36(31)44-38(46-35)32-16-13-14-18-34(32)43-25-27-22-30(41(7,8)9)24-33(37(27)45)42(10,11)12/h13-25,45H,1-12H3. The van der Waals surface area contributed by atoms with E-state index in [1.807, 2.05) is 24.4 Å². The molecule has 0 spiro atoms. The van der Waals surface area contributed by atoms with E-state index in [9.17, 15) is 5.11 Å². The largest absolute Gasteiger partial charge is 0.507 e. The number of phenolic OH excluding ortho intramolecular Hbond substituents is 1. The topological polar surface area (TPSA) is 45.5 Å². The maximum Gasteiger partial charge on any atom is 0.128 e. The minimum atomic E-state index is -0.204. The van der Waals surface area contributed by atoms with Crippen molar-refractivity contribution < 1.29 is 5.11 Å². The molecule has 0 radical (unpaired) electrons. The molecular formula is C42H50N2OS. The van der Waals surface area contributed by atoms with Crippen molar-refractivity contribution in [2.75, 3.05) is 0 Å². The Hall–Kier alpha value is -3.76. The third-order valence-electron chi connectivity index (χ3n) is 8.69. The molecular weight excluding hydrogens is 581 g/mol. The van der Waals surface area contributed by atoms with Crippen molar-refractivity contribution in [2.24, 2.45) is 4.99 Å². The van der Waals surface area contributed by atoms with E-state index in [1.54, 1.807) is 11.3 Å². The lowest BCUT2D eigenvalue weighted by Gasteiger charge is -2.27. The van der Waals surface area contributed by atoms with Crippen molar-refractivity contribution in [1.29, 1.82) is 0 Å². The van der Waals surface area contributed by atoms with Gasteiger partial charge in [0.15, 0.2) is 0 Å². The Labute approximate surface area is 280 Å². The lowest BCUT2D eigenvalue weighted by molar-refractivity contribution is 0.444. The number of para-hydroxylation sites is 2. The molecule has 46 heavy (non-hydrogen) atoms. The number of fused-ring (bicyclic) bond motifs is 1. The number of aromatic nitrogens is 1. The van der Waals surface area contributed by atoms with E-state index < -0.39 is 0 Å². The summed E-state index contributed by atoms with van der Waals surface area (Å²) in [6.45, 7) is 26.7. The first kappa shape index (κ1) is 33.6. The zero-order valence-electron chi connectivity index (χ0n) is 29.8. The number of benzene rings is 4. The summed E-state index contributed by atoms with van der Waals surface area (Å²) < 4.78 is 1.15. The molecule has 0 atom stereocenters. The van der Waals surface area contributed by atoms with Gasteiger partial charge >= 0.3 is 0 Å². The van der Waals surface area contributed by atoms with Crippen molar-refractivity contribution in [3.8, 4) is 27.4 Å². The SMILES string of the molecule is CC(C)(C)c1cc(-c2cccc3sc(-c4ccccc4N=Cc4cc(C(C)(C)C)cc(C(C)(C)C)c4O)nc23)cc(C(C)(C)C)c1. The smallest absolute Gasteiger partial charge is 0.128 e. The summed E-state index contributed by atoms with van der Waals surface area (Å²) in [7, 11) is 0. The minimum absolute atomic E-state index is 0.0303. The number of aromatic hydroxyl groups is 1. The fourth-order valence-electron chi connectivity index (χ4n) is 5.61. The molecule has 5 rings (SSSR count). The lowest BCUT2D eigenvalue weighted by Crippen LogP contribution is -2.17. The predicted molar refractivity (Wildman–Crippen MR) is 201 cm³/mol. The van der Waals surface area contributed by atoms with Crippen molar-refractivity contribution in [2.45, 2.75) is 105 Å². The van der Waals surface area contributed by atoms with Crippen LogP contribution in [0.25, 0.3) is 31.9 Å². The van der Waals surface area contributed by atoms with Gasteiger partial charge in [0.1, 0.15) is 10.8 Å². The zero-order valence-corrected chi connectivity index (χ0v) is 30.6. The molecule has 0 aliphatic heterocycles. The van der Waals surface area contributed by atoms with Crippen LogP contribution in [-0.4, -0.2) is 16.3 Å². The highest BCUT2D eigenvalue weighted by Gasteiger charge is 2.25. The van der Waals surface area contributed by atoms with Crippen molar-refractivity contribution in [1.82, 2.24) is 4.98 Å². The molecule has 0 fully saturated rings. The number of nitrogens with zero attached hydrogens (tertiary/aromatic N) is 2. The van der Waals surface area contributed by atoms with Gasteiger partial charge in [-0.3, -0.25) is 4.99 Å². The maximum absolute atomic E-state index is 11.4. The third-order valence-corrected chi connectivity index (χ3v) is 9.74. The predicted octanol–water partition coefficient (Wildman–Crippen LogP) is 12.3. The van der Waals surface area contributed by atoms with Crippen LogP contribution in [-0.2, 0) is 21.7 Å². The maximum atomic E-state index is 11.4. The Morgan fingerprint density at radius 1 is 0.630 bits per heavy atom. The van der Waals surface area contributed by atoms with Gasteiger partial charge in [0.25, 0.3) is 0 Å². The molecule has 0 aliphatic carbocycles. The van der Waals surface area contributed by atoms with Crippen molar-refractivity contribution in [3.05, 3.63) is 101 Å². The van der Waals surface area contributed by atoms with Crippen molar-refractivity contribution >= 4 is 33.5 Å². The Bertz CT molecular complexity index is 1900. The van der Waals surface area contributed by atoms with Crippen molar-refractivity contribution in [3.63, 3.8) is 0 Å². The molecule has 3 nitrogen and oxygen atoms in total. The van der Waals surface area contributed by atoms with E-state index in [1.165, 1.54) is 22.3 Å². The Kier molecular flexibility index (Phi) is 8.62. The normalized spacial score (nSPS) is 13.2. The molecule has 1 aromatic heterocycles. The molecule has 4 heteroatoms. The molecule has 0 saturated carbocycles. The summed E-state index contributed by atoms with van der Waals surface area (Å²) in [5.74, 6) is 0.290. The van der Waals surface area contributed by atoms with Crippen LogP contribution in [0.3, 0.4) is 0 Å². The number of thiazole rings is 1. The summed E-state index contributed by atoms with van der Waals surface area (Å²) in [4.78, 5) is 10.2. The van der Waals surface area contributed by atoms with Crippen LogP contribution in [0.2, 0.25) is 0 Å². The van der Waals surface area contributed by atoms with Gasteiger partial charge in [-0.15, -0.1) is 11.3 Å². The quantitative estimate of drug-likeness (QED) is 0.201. The summed E-state index contributed by atoms with van der Waals surface area (Å²) in [5.41, 5.74) is 10.5. The monoisotopic (exact) mass is 630 g/mol. The average molecular weight is 631 g/mol. The highest BCUT2D eigenvalue weighted by molar-refractivity contribution is 7.21. The van der Waals surface area contributed by atoms with Crippen LogP contribution < -0.4 is 0 Å². The van der Waals surface area contributed by atoms with Crippen LogP contribution in [0.5, 0.6) is 5.75 Å². The van der Waals surface area contributed by atoms with E-state index in [0.717, 1.165) is 43.2 Å². The second-order valence-electron chi connectivity index (χ2n) is 16.7. The molecule has 0 aliphatic rings. The molecule has 0 amide bonds. The van der Waals surface area contributed by atoms with E-state index in [2.05, 4.69) is 138 Å². The molecule has 0 bridgehead atoms.